The fourth-order valence-corrected chi connectivity index (χ4v) is 4.35. The van der Waals surface area contributed by atoms with Gasteiger partial charge in [0.1, 0.15) is 30.2 Å². The molecular weight excluding hydrogens is 451 g/mol. The second-order valence-electron chi connectivity index (χ2n) is 8.21. The van der Waals surface area contributed by atoms with E-state index in [4.69, 9.17) is 5.11 Å². The number of aliphatic hydroxyl groups is 1. The molecule has 0 bridgehead atoms. The molecule has 0 aliphatic carbocycles. The van der Waals surface area contributed by atoms with Gasteiger partial charge in [-0.25, -0.2) is 23.1 Å². The molecule has 4 rings (SSSR count). The Morgan fingerprint density at radius 1 is 1.26 bits per heavy atom. The summed E-state index contributed by atoms with van der Waals surface area (Å²) in [5.74, 6) is -1.07. The lowest BCUT2D eigenvalue weighted by molar-refractivity contribution is -0.135. The van der Waals surface area contributed by atoms with E-state index >= 15 is 0 Å². The van der Waals surface area contributed by atoms with Gasteiger partial charge in [-0.1, -0.05) is 18.2 Å². The first-order valence-corrected chi connectivity index (χ1v) is 10.8. The van der Waals surface area contributed by atoms with E-state index in [9.17, 15) is 22.8 Å². The van der Waals surface area contributed by atoms with E-state index in [1.807, 2.05) is 0 Å². The molecule has 3 heterocycles. The van der Waals surface area contributed by atoms with Crippen LogP contribution < -0.4 is 10.9 Å². The van der Waals surface area contributed by atoms with Crippen LogP contribution in [0.5, 0.6) is 0 Å². The Labute approximate surface area is 193 Å². The Hall–Kier alpha value is -3.47. The number of pyridine rings is 1. The van der Waals surface area contributed by atoms with Crippen molar-refractivity contribution in [3.8, 4) is 0 Å². The fourth-order valence-electron chi connectivity index (χ4n) is 4.35. The zero-order valence-corrected chi connectivity index (χ0v) is 18.5. The number of rotatable bonds is 6. The lowest BCUT2D eigenvalue weighted by atomic mass is 9.89. The summed E-state index contributed by atoms with van der Waals surface area (Å²) in [5, 5.41) is 12.6. The maximum absolute atomic E-state index is 14.4. The fraction of sp³-hybridized carbons (Fsp3) is 0.391. The van der Waals surface area contributed by atoms with Gasteiger partial charge in [0, 0.05) is 37.8 Å². The molecule has 8 nitrogen and oxygen atoms in total. The van der Waals surface area contributed by atoms with Gasteiger partial charge in [0.25, 0.3) is 12.0 Å². The van der Waals surface area contributed by atoms with Crippen molar-refractivity contribution in [2.24, 2.45) is 7.05 Å². The van der Waals surface area contributed by atoms with E-state index in [-0.39, 0.29) is 29.5 Å². The molecule has 1 fully saturated rings. The predicted molar refractivity (Wildman–Crippen MR) is 119 cm³/mol. The molecule has 1 aromatic carbocycles. The van der Waals surface area contributed by atoms with Gasteiger partial charge in [0.05, 0.1) is 10.9 Å². The lowest BCUT2D eigenvalue weighted by Crippen LogP contribution is -2.40. The van der Waals surface area contributed by atoms with Crippen LogP contribution in [0, 0.1) is 5.82 Å². The van der Waals surface area contributed by atoms with Crippen molar-refractivity contribution in [3.63, 3.8) is 0 Å². The van der Waals surface area contributed by atoms with Crippen LogP contribution in [0.25, 0.3) is 11.0 Å². The normalized spacial score (nSPS) is 14.7. The molecule has 180 valence electrons. The number of carbonyl (C=O) groups excluding carboxylic acids is 1. The van der Waals surface area contributed by atoms with Crippen LogP contribution in [0.2, 0.25) is 0 Å². The molecule has 1 amide bonds. The van der Waals surface area contributed by atoms with Crippen molar-refractivity contribution in [2.45, 2.75) is 31.7 Å². The van der Waals surface area contributed by atoms with Crippen LogP contribution in [0.4, 0.5) is 19.0 Å². The number of aliphatic hydroxyl groups excluding tert-OH is 1. The number of amides is 1. The van der Waals surface area contributed by atoms with Gasteiger partial charge < -0.3 is 15.3 Å². The summed E-state index contributed by atoms with van der Waals surface area (Å²) < 4.78 is 41.9. The number of hydrogen-bond acceptors (Lipinski definition) is 6. The molecule has 0 spiro atoms. The minimum atomic E-state index is -2.92. The number of likely N-dealkylation sites (tertiary alicyclic amines) is 1. The van der Waals surface area contributed by atoms with Crippen LogP contribution >= 0.6 is 0 Å². The minimum absolute atomic E-state index is 0.0653. The number of nitrogens with zero attached hydrogens (tertiary/aromatic N) is 4. The smallest absolute Gasteiger partial charge is 0.266 e. The summed E-state index contributed by atoms with van der Waals surface area (Å²) in [6, 6.07) is 5.54. The second-order valence-corrected chi connectivity index (χ2v) is 8.21. The molecule has 11 heteroatoms. The van der Waals surface area contributed by atoms with Gasteiger partial charge in [0.15, 0.2) is 0 Å². The number of fused-ring (bicyclic) bond motifs is 1. The van der Waals surface area contributed by atoms with E-state index in [2.05, 4.69) is 15.3 Å². The Morgan fingerprint density at radius 3 is 2.68 bits per heavy atom. The molecule has 2 aromatic heterocycles. The SMILES string of the molecule is Cn1c(=O)c(C2CCN(C(=O)CO)CC2)cc2c(NCc3cccc(C(F)F)c3F)ncnc21. The first kappa shape index (κ1) is 23.7. The van der Waals surface area contributed by atoms with Crippen LogP contribution in [-0.2, 0) is 18.4 Å². The van der Waals surface area contributed by atoms with Crippen molar-refractivity contribution in [3.05, 3.63) is 63.5 Å². The van der Waals surface area contributed by atoms with E-state index in [0.29, 0.717) is 48.3 Å². The van der Waals surface area contributed by atoms with Crippen molar-refractivity contribution in [1.82, 2.24) is 19.4 Å². The van der Waals surface area contributed by atoms with Crippen LogP contribution in [0.15, 0.2) is 35.4 Å². The molecule has 2 N–H and O–H groups in total. The van der Waals surface area contributed by atoms with Gasteiger partial charge in [-0.3, -0.25) is 14.2 Å². The summed E-state index contributed by atoms with van der Waals surface area (Å²) >= 11 is 0. The third-order valence-electron chi connectivity index (χ3n) is 6.24. The van der Waals surface area contributed by atoms with Gasteiger partial charge >= 0.3 is 0 Å². The van der Waals surface area contributed by atoms with Crippen molar-refractivity contribution in [1.29, 1.82) is 0 Å². The standard InChI is InChI=1S/C23H24F3N5O3/c1-30-22-17(9-16(23(30)34)13-5-7-31(8-6-13)18(33)11-32)21(28-12-29-22)27-10-14-3-2-4-15(19(14)24)20(25)26/h2-4,9,12-13,20,32H,5-8,10-11H2,1H3,(H,27,28,29). The average Bonchev–Trinajstić information content (AvgIpc) is 2.85. The first-order chi connectivity index (χ1) is 16.3. The molecule has 0 unspecified atom stereocenters. The number of halogens is 3. The Kier molecular flexibility index (Phi) is 6.82. The van der Waals surface area contributed by atoms with E-state index in [0.717, 1.165) is 6.07 Å². The maximum atomic E-state index is 14.4. The Morgan fingerprint density at radius 2 is 2.00 bits per heavy atom. The number of carbonyl (C=O) groups is 1. The number of benzene rings is 1. The van der Waals surface area contributed by atoms with E-state index in [1.165, 1.54) is 23.0 Å². The van der Waals surface area contributed by atoms with Crippen LogP contribution in [0.3, 0.4) is 0 Å². The number of aromatic nitrogens is 3. The largest absolute Gasteiger partial charge is 0.387 e. The zero-order valence-electron chi connectivity index (χ0n) is 18.5. The number of anilines is 1. The molecule has 0 atom stereocenters. The first-order valence-electron chi connectivity index (χ1n) is 10.8. The summed E-state index contributed by atoms with van der Waals surface area (Å²) in [6.45, 7) is 0.233. The van der Waals surface area contributed by atoms with Crippen molar-refractivity contribution >= 4 is 22.8 Å². The highest BCUT2D eigenvalue weighted by molar-refractivity contribution is 5.87. The third-order valence-corrected chi connectivity index (χ3v) is 6.24. The maximum Gasteiger partial charge on any atom is 0.266 e. The third kappa shape index (κ3) is 4.47. The molecule has 0 saturated carbocycles. The molecular formula is C23H24F3N5O3. The number of hydrogen-bond donors (Lipinski definition) is 2. The summed E-state index contributed by atoms with van der Waals surface area (Å²) in [7, 11) is 1.60. The van der Waals surface area contributed by atoms with Crippen molar-refractivity contribution < 1.29 is 23.1 Å². The highest BCUT2D eigenvalue weighted by Crippen LogP contribution is 2.30. The van der Waals surface area contributed by atoms with Crippen LogP contribution in [0.1, 0.15) is 41.9 Å². The van der Waals surface area contributed by atoms with Gasteiger partial charge in [-0.05, 0) is 24.8 Å². The quantitative estimate of drug-likeness (QED) is 0.569. The lowest BCUT2D eigenvalue weighted by Gasteiger charge is -2.31. The summed E-state index contributed by atoms with van der Waals surface area (Å²) in [6.07, 6.45) is -0.520. The Balaban J connectivity index is 1.64. The molecule has 1 saturated heterocycles. The molecule has 3 aromatic rings. The number of nitrogens with one attached hydrogen (secondary N) is 1. The number of aryl methyl sites for hydroxylation is 1. The molecule has 1 aliphatic heterocycles. The average molecular weight is 475 g/mol. The topological polar surface area (TPSA) is 100 Å². The number of piperidine rings is 1. The Bertz CT molecular complexity index is 1270. The molecule has 0 radical (unpaired) electrons. The minimum Gasteiger partial charge on any atom is -0.387 e. The van der Waals surface area contributed by atoms with E-state index in [1.54, 1.807) is 18.0 Å². The zero-order chi connectivity index (χ0) is 24.4. The molecule has 1 aliphatic rings. The molecule has 34 heavy (non-hydrogen) atoms. The predicted octanol–water partition coefficient (Wildman–Crippen LogP) is 2.72. The van der Waals surface area contributed by atoms with Gasteiger partial charge in [0.2, 0.25) is 5.91 Å². The van der Waals surface area contributed by atoms with Gasteiger partial charge in [-0.2, -0.15) is 0 Å². The van der Waals surface area contributed by atoms with E-state index < -0.39 is 24.4 Å². The van der Waals surface area contributed by atoms with Crippen molar-refractivity contribution in [2.75, 3.05) is 25.0 Å². The monoisotopic (exact) mass is 475 g/mol. The van der Waals surface area contributed by atoms with Crippen LogP contribution in [-0.4, -0.2) is 50.1 Å². The number of alkyl halides is 2. The summed E-state index contributed by atoms with van der Waals surface area (Å²) in [4.78, 5) is 34.8. The highest BCUT2D eigenvalue weighted by atomic mass is 19.3. The van der Waals surface area contributed by atoms with Gasteiger partial charge in [-0.15, -0.1) is 0 Å². The summed E-state index contributed by atoms with van der Waals surface area (Å²) in [5.41, 5.74) is 0.119. The second kappa shape index (κ2) is 9.80. The highest BCUT2D eigenvalue weighted by Gasteiger charge is 2.26.